The van der Waals surface area contributed by atoms with Crippen molar-refractivity contribution in [3.63, 3.8) is 0 Å². The Morgan fingerprint density at radius 1 is 1.08 bits per heavy atom. The number of rotatable bonds is 4. The standard InChI is InChI=1S/C18H26N4OS/c23-17(19-15-6-2-1-3-7-15)14-21-10-12-22(13-11-21)18(24)20-16-8-4-5-9-16/h1-3,6-7,16H,4-5,8-14H2,(H,19,23)(H,20,24). The van der Waals surface area contributed by atoms with Gasteiger partial charge in [0.1, 0.15) is 0 Å². The molecule has 1 aliphatic carbocycles. The highest BCUT2D eigenvalue weighted by molar-refractivity contribution is 7.80. The van der Waals surface area contributed by atoms with Gasteiger partial charge in [-0.15, -0.1) is 0 Å². The number of nitrogens with one attached hydrogen (secondary N) is 2. The summed E-state index contributed by atoms with van der Waals surface area (Å²) in [6, 6.07) is 10.2. The van der Waals surface area contributed by atoms with E-state index in [1.165, 1.54) is 25.7 Å². The molecule has 1 amide bonds. The molecule has 0 radical (unpaired) electrons. The van der Waals surface area contributed by atoms with E-state index in [4.69, 9.17) is 12.2 Å². The van der Waals surface area contributed by atoms with Crippen molar-refractivity contribution in [1.29, 1.82) is 0 Å². The SMILES string of the molecule is O=C(CN1CCN(C(=S)NC2CCCC2)CC1)Nc1ccccc1. The molecule has 0 spiro atoms. The minimum absolute atomic E-state index is 0.0429. The lowest BCUT2D eigenvalue weighted by atomic mass is 10.2. The van der Waals surface area contributed by atoms with Crippen LogP contribution in [0.5, 0.6) is 0 Å². The molecule has 1 saturated carbocycles. The number of hydrogen-bond donors (Lipinski definition) is 2. The van der Waals surface area contributed by atoms with E-state index in [0.29, 0.717) is 12.6 Å². The van der Waals surface area contributed by atoms with Gasteiger partial charge in [0.2, 0.25) is 5.91 Å². The van der Waals surface area contributed by atoms with Crippen molar-refractivity contribution in [2.45, 2.75) is 31.7 Å². The van der Waals surface area contributed by atoms with E-state index in [9.17, 15) is 4.79 Å². The maximum atomic E-state index is 12.1. The second kappa shape index (κ2) is 8.44. The van der Waals surface area contributed by atoms with Crippen LogP contribution in [0, 0.1) is 0 Å². The van der Waals surface area contributed by atoms with Crippen LogP contribution in [0.2, 0.25) is 0 Å². The van der Waals surface area contributed by atoms with Crippen LogP contribution in [0.1, 0.15) is 25.7 Å². The zero-order chi connectivity index (χ0) is 16.8. The Kier molecular flexibility index (Phi) is 6.04. The van der Waals surface area contributed by atoms with Gasteiger partial charge in [0.05, 0.1) is 6.54 Å². The summed E-state index contributed by atoms with van der Waals surface area (Å²) in [6.07, 6.45) is 5.09. The maximum Gasteiger partial charge on any atom is 0.238 e. The van der Waals surface area contributed by atoms with Crippen LogP contribution in [0.4, 0.5) is 5.69 Å². The van der Waals surface area contributed by atoms with Gasteiger partial charge in [0.25, 0.3) is 0 Å². The monoisotopic (exact) mass is 346 g/mol. The molecule has 24 heavy (non-hydrogen) atoms. The third-order valence-corrected chi connectivity index (χ3v) is 5.14. The number of piperazine rings is 1. The highest BCUT2D eigenvalue weighted by Crippen LogP contribution is 2.18. The summed E-state index contributed by atoms with van der Waals surface area (Å²) < 4.78 is 0. The second-order valence-electron chi connectivity index (χ2n) is 6.61. The Bertz CT molecular complexity index is 551. The van der Waals surface area contributed by atoms with Crippen LogP contribution >= 0.6 is 12.2 Å². The highest BCUT2D eigenvalue weighted by atomic mass is 32.1. The molecule has 1 aliphatic heterocycles. The molecular formula is C18H26N4OS. The number of hydrogen-bond acceptors (Lipinski definition) is 3. The Morgan fingerprint density at radius 2 is 1.75 bits per heavy atom. The molecule has 130 valence electrons. The first-order valence-electron chi connectivity index (χ1n) is 8.83. The molecule has 2 fully saturated rings. The number of anilines is 1. The Morgan fingerprint density at radius 3 is 2.42 bits per heavy atom. The number of thiocarbonyl (C=S) groups is 1. The van der Waals surface area contributed by atoms with E-state index in [-0.39, 0.29) is 5.91 Å². The Labute approximate surface area is 149 Å². The summed E-state index contributed by atoms with van der Waals surface area (Å²) in [6.45, 7) is 3.95. The molecular weight excluding hydrogens is 320 g/mol. The predicted molar refractivity (Wildman–Crippen MR) is 101 cm³/mol. The van der Waals surface area contributed by atoms with Gasteiger partial charge in [0.15, 0.2) is 5.11 Å². The number of carbonyl (C=O) groups is 1. The van der Waals surface area contributed by atoms with Crippen molar-refractivity contribution in [2.75, 3.05) is 38.0 Å². The fourth-order valence-electron chi connectivity index (χ4n) is 3.37. The van der Waals surface area contributed by atoms with Crippen molar-refractivity contribution < 1.29 is 4.79 Å². The Hall–Kier alpha value is -1.66. The minimum atomic E-state index is 0.0429. The third kappa shape index (κ3) is 4.92. The molecule has 5 nitrogen and oxygen atoms in total. The van der Waals surface area contributed by atoms with Gasteiger partial charge in [-0.3, -0.25) is 9.69 Å². The van der Waals surface area contributed by atoms with Crippen LogP contribution in [-0.4, -0.2) is 59.6 Å². The second-order valence-corrected chi connectivity index (χ2v) is 6.99. The summed E-state index contributed by atoms with van der Waals surface area (Å²) in [7, 11) is 0. The Balaban J connectivity index is 1.38. The number of benzene rings is 1. The van der Waals surface area contributed by atoms with Crippen molar-refractivity contribution in [2.24, 2.45) is 0 Å². The van der Waals surface area contributed by atoms with Gasteiger partial charge in [-0.05, 0) is 37.2 Å². The lowest BCUT2D eigenvalue weighted by Crippen LogP contribution is -2.54. The normalized spacial score (nSPS) is 19.2. The molecule has 2 N–H and O–H groups in total. The molecule has 3 rings (SSSR count). The number of amides is 1. The molecule has 0 aromatic heterocycles. The first-order chi connectivity index (χ1) is 11.7. The van der Waals surface area contributed by atoms with Gasteiger partial charge >= 0.3 is 0 Å². The van der Waals surface area contributed by atoms with Crippen LogP contribution < -0.4 is 10.6 Å². The highest BCUT2D eigenvalue weighted by Gasteiger charge is 2.23. The zero-order valence-electron chi connectivity index (χ0n) is 14.0. The molecule has 1 aromatic rings. The zero-order valence-corrected chi connectivity index (χ0v) is 14.9. The van der Waals surface area contributed by atoms with Gasteiger partial charge < -0.3 is 15.5 Å². The van der Waals surface area contributed by atoms with Gasteiger partial charge in [-0.2, -0.15) is 0 Å². The molecule has 6 heteroatoms. The molecule has 1 aromatic carbocycles. The van der Waals surface area contributed by atoms with Crippen LogP contribution in [0.25, 0.3) is 0 Å². The average molecular weight is 346 g/mol. The van der Waals surface area contributed by atoms with Crippen LogP contribution in [0.15, 0.2) is 30.3 Å². The summed E-state index contributed by atoms with van der Waals surface area (Å²) in [5.41, 5.74) is 0.850. The van der Waals surface area contributed by atoms with E-state index < -0.39 is 0 Å². The summed E-state index contributed by atoms with van der Waals surface area (Å²) >= 11 is 5.54. The summed E-state index contributed by atoms with van der Waals surface area (Å²) in [4.78, 5) is 16.5. The van der Waals surface area contributed by atoms with Crippen molar-refractivity contribution in [3.8, 4) is 0 Å². The predicted octanol–water partition coefficient (Wildman–Crippen LogP) is 2.06. The maximum absolute atomic E-state index is 12.1. The topological polar surface area (TPSA) is 47.6 Å². The molecule has 0 bridgehead atoms. The van der Waals surface area contributed by atoms with Gasteiger partial charge in [-0.1, -0.05) is 31.0 Å². The fraction of sp³-hybridized carbons (Fsp3) is 0.556. The average Bonchev–Trinajstić information content (AvgIpc) is 3.09. The van der Waals surface area contributed by atoms with Crippen molar-refractivity contribution in [1.82, 2.24) is 15.1 Å². The molecule has 0 atom stereocenters. The minimum Gasteiger partial charge on any atom is -0.360 e. The number of para-hydroxylation sites is 1. The van der Waals surface area contributed by atoms with E-state index in [0.717, 1.165) is 37.0 Å². The molecule has 0 unspecified atom stereocenters. The number of carbonyl (C=O) groups excluding carboxylic acids is 1. The van der Waals surface area contributed by atoms with Crippen LogP contribution in [-0.2, 0) is 4.79 Å². The van der Waals surface area contributed by atoms with E-state index in [2.05, 4.69) is 20.4 Å². The van der Waals surface area contributed by atoms with Crippen molar-refractivity contribution in [3.05, 3.63) is 30.3 Å². The third-order valence-electron chi connectivity index (χ3n) is 4.77. The smallest absolute Gasteiger partial charge is 0.238 e. The van der Waals surface area contributed by atoms with Gasteiger partial charge in [0, 0.05) is 37.9 Å². The van der Waals surface area contributed by atoms with Crippen LogP contribution in [0.3, 0.4) is 0 Å². The molecule has 2 aliphatic rings. The largest absolute Gasteiger partial charge is 0.360 e. The molecule has 1 heterocycles. The lowest BCUT2D eigenvalue weighted by molar-refractivity contribution is -0.117. The van der Waals surface area contributed by atoms with Gasteiger partial charge in [-0.25, -0.2) is 0 Å². The molecule has 1 saturated heterocycles. The fourth-order valence-corrected chi connectivity index (χ4v) is 3.72. The number of nitrogens with zero attached hydrogens (tertiary/aromatic N) is 2. The lowest BCUT2D eigenvalue weighted by Gasteiger charge is -2.36. The summed E-state index contributed by atoms with van der Waals surface area (Å²) in [5.74, 6) is 0.0429. The van der Waals surface area contributed by atoms with E-state index in [1.807, 2.05) is 30.3 Å². The first-order valence-corrected chi connectivity index (χ1v) is 9.24. The van der Waals surface area contributed by atoms with E-state index >= 15 is 0 Å². The summed E-state index contributed by atoms with van der Waals surface area (Å²) in [5, 5.41) is 7.32. The van der Waals surface area contributed by atoms with E-state index in [1.54, 1.807) is 0 Å². The first kappa shape index (κ1) is 17.2. The quantitative estimate of drug-likeness (QED) is 0.817. The van der Waals surface area contributed by atoms with Crippen molar-refractivity contribution >= 4 is 28.9 Å².